The van der Waals surface area contributed by atoms with E-state index in [1.165, 1.54) is 27.5 Å². The molecule has 3 aromatic heterocycles. The van der Waals surface area contributed by atoms with E-state index in [4.69, 9.17) is 27.9 Å². The second-order valence-electron chi connectivity index (χ2n) is 8.55. The second-order valence-corrected chi connectivity index (χ2v) is 10.3. The monoisotopic (exact) mass is 600 g/mol. The number of hydrogen-bond donors (Lipinski definition) is 1. The van der Waals surface area contributed by atoms with Crippen molar-refractivity contribution in [1.29, 1.82) is 5.26 Å². The number of ether oxygens (including phenoxy) is 1. The molecule has 0 saturated carbocycles. The lowest BCUT2D eigenvalue weighted by molar-refractivity contribution is 0.0699. The van der Waals surface area contributed by atoms with Crippen molar-refractivity contribution in [1.82, 2.24) is 14.5 Å². The Bertz CT molecular complexity index is 1930. The molecular weight excluding hydrogens is 585 g/mol. The summed E-state index contributed by atoms with van der Waals surface area (Å²) in [5.41, 5.74) is -0.176. The fourth-order valence-electron chi connectivity index (χ4n) is 4.42. The molecule has 0 saturated heterocycles. The molecule has 202 valence electrons. The number of nitrogens with zero attached hydrogens (tertiary/aromatic N) is 4. The summed E-state index contributed by atoms with van der Waals surface area (Å²) in [6.45, 7) is 1.50. The average Bonchev–Trinajstić information content (AvgIpc) is 3.36. The Kier molecular flexibility index (Phi) is 7.42. The number of rotatable bonds is 7. The number of carbonyl (C=O) groups is 1. The van der Waals surface area contributed by atoms with Gasteiger partial charge in [-0.15, -0.1) is 11.3 Å². The summed E-state index contributed by atoms with van der Waals surface area (Å²) in [7, 11) is 0. The number of thiophene rings is 1. The minimum absolute atomic E-state index is 0.0228. The molecule has 0 aliphatic carbocycles. The van der Waals surface area contributed by atoms with E-state index in [0.29, 0.717) is 32.1 Å². The highest BCUT2D eigenvalue weighted by Gasteiger charge is 2.23. The number of hydrogen-bond acceptors (Lipinski definition) is 7. The smallest absolute Gasteiger partial charge is 0.338 e. The van der Waals surface area contributed by atoms with Crippen LogP contribution in [-0.2, 0) is 6.54 Å². The number of fused-ring (bicyclic) bond motifs is 2. The van der Waals surface area contributed by atoms with Crippen LogP contribution in [0, 0.1) is 18.3 Å². The van der Waals surface area contributed by atoms with Gasteiger partial charge in [0.2, 0.25) is 0 Å². The van der Waals surface area contributed by atoms with Crippen LogP contribution < -0.4 is 10.3 Å². The van der Waals surface area contributed by atoms with Gasteiger partial charge in [-0.25, -0.2) is 18.6 Å². The Labute approximate surface area is 238 Å². The summed E-state index contributed by atoms with van der Waals surface area (Å²) >= 11 is 13.6. The largest absolute Gasteiger partial charge is 0.491 e. The molecule has 0 unspecified atom stereocenters. The predicted octanol–water partition coefficient (Wildman–Crippen LogP) is 6.87. The first-order valence-electron chi connectivity index (χ1n) is 11.6. The highest BCUT2D eigenvalue weighted by Crippen LogP contribution is 2.39. The van der Waals surface area contributed by atoms with Gasteiger partial charge in [0.15, 0.2) is 0 Å². The molecule has 5 aromatic rings. The maximum atomic E-state index is 13.6. The molecule has 0 aliphatic rings. The minimum Gasteiger partial charge on any atom is -0.491 e. The van der Waals surface area contributed by atoms with Crippen LogP contribution in [0.1, 0.15) is 33.7 Å². The number of halogens is 4. The summed E-state index contributed by atoms with van der Waals surface area (Å²) in [5, 5.41) is 20.5. The van der Waals surface area contributed by atoms with Gasteiger partial charge < -0.3 is 9.84 Å². The van der Waals surface area contributed by atoms with Crippen LogP contribution in [0.15, 0.2) is 46.7 Å². The SMILES string of the molecule is Cc1nc2c(Cl)cc(C(F)F)c(C#N)c2c(=O)n1CCOc1ccc(Cl)cc1-c1ccnc2c(C(=O)O)csc12. The molecule has 0 fully saturated rings. The third-order valence-electron chi connectivity index (χ3n) is 6.24. The minimum atomic E-state index is -3.01. The standard InChI is InChI=1S/C27H16Cl2F2N4O4S/c1-12-34-23-19(29)9-16(25(30)31)17(10-32)21(23)26(36)35(12)6-7-39-20-3-2-13(28)8-15(20)14-4-5-33-22-18(27(37)38)11-40-24(14)22/h2-5,8-9,11,25H,6-7H2,1H3,(H,37,38). The maximum absolute atomic E-state index is 13.6. The number of alkyl halides is 2. The van der Waals surface area contributed by atoms with E-state index in [0.717, 1.165) is 6.07 Å². The van der Waals surface area contributed by atoms with Crippen LogP contribution >= 0.6 is 34.5 Å². The van der Waals surface area contributed by atoms with Crippen molar-refractivity contribution >= 4 is 61.6 Å². The molecule has 13 heteroatoms. The van der Waals surface area contributed by atoms with Crippen molar-refractivity contribution in [3.63, 3.8) is 0 Å². The van der Waals surface area contributed by atoms with E-state index in [1.54, 1.807) is 37.3 Å². The van der Waals surface area contributed by atoms with E-state index in [9.17, 15) is 28.7 Å². The van der Waals surface area contributed by atoms with Crippen molar-refractivity contribution in [2.45, 2.75) is 19.9 Å². The van der Waals surface area contributed by atoms with Crippen LogP contribution in [0.5, 0.6) is 5.75 Å². The van der Waals surface area contributed by atoms with Gasteiger partial charge in [0.05, 0.1) is 43.8 Å². The van der Waals surface area contributed by atoms with Gasteiger partial charge in [-0.2, -0.15) is 5.26 Å². The molecule has 0 spiro atoms. The van der Waals surface area contributed by atoms with Crippen molar-refractivity contribution < 1.29 is 23.4 Å². The fourth-order valence-corrected chi connectivity index (χ4v) is 5.87. The lowest BCUT2D eigenvalue weighted by atomic mass is 10.0. The Morgan fingerprint density at radius 3 is 2.70 bits per heavy atom. The van der Waals surface area contributed by atoms with Gasteiger partial charge in [-0.1, -0.05) is 23.2 Å². The molecule has 5 rings (SSSR count). The number of aromatic carboxylic acids is 1. The van der Waals surface area contributed by atoms with Gasteiger partial charge in [0, 0.05) is 33.3 Å². The van der Waals surface area contributed by atoms with E-state index < -0.39 is 29.1 Å². The Hall–Kier alpha value is -4.11. The lowest BCUT2D eigenvalue weighted by Gasteiger charge is -2.16. The van der Waals surface area contributed by atoms with Gasteiger partial charge in [-0.3, -0.25) is 14.3 Å². The molecule has 8 nitrogen and oxygen atoms in total. The summed E-state index contributed by atoms with van der Waals surface area (Å²) in [6.07, 6.45) is -1.51. The van der Waals surface area contributed by atoms with Crippen LogP contribution in [0.3, 0.4) is 0 Å². The zero-order valence-electron chi connectivity index (χ0n) is 20.4. The topological polar surface area (TPSA) is 118 Å². The van der Waals surface area contributed by atoms with Crippen molar-refractivity contribution in [3.8, 4) is 22.9 Å². The Balaban J connectivity index is 1.52. The molecule has 0 bridgehead atoms. The number of aryl methyl sites for hydroxylation is 1. The summed E-state index contributed by atoms with van der Waals surface area (Å²) in [4.78, 5) is 33.5. The van der Waals surface area contributed by atoms with E-state index >= 15 is 0 Å². The first kappa shape index (κ1) is 27.5. The highest BCUT2D eigenvalue weighted by molar-refractivity contribution is 7.18. The molecule has 1 N–H and O–H groups in total. The molecule has 2 aromatic carbocycles. The molecule has 0 radical (unpaired) electrons. The van der Waals surface area contributed by atoms with Gasteiger partial charge in [-0.05, 0) is 37.3 Å². The zero-order valence-corrected chi connectivity index (χ0v) is 22.7. The molecule has 0 atom stereocenters. The van der Waals surface area contributed by atoms with Crippen LogP contribution in [0.2, 0.25) is 10.0 Å². The van der Waals surface area contributed by atoms with E-state index in [1.807, 2.05) is 0 Å². The quantitative estimate of drug-likeness (QED) is 0.216. The maximum Gasteiger partial charge on any atom is 0.338 e. The first-order valence-corrected chi connectivity index (χ1v) is 13.2. The van der Waals surface area contributed by atoms with E-state index in [-0.39, 0.29) is 40.5 Å². The molecule has 0 amide bonds. The third-order valence-corrected chi connectivity index (χ3v) is 7.77. The van der Waals surface area contributed by atoms with Gasteiger partial charge in [0.1, 0.15) is 24.3 Å². The first-order chi connectivity index (χ1) is 19.1. The van der Waals surface area contributed by atoms with Crippen molar-refractivity contribution in [3.05, 3.63) is 84.8 Å². The van der Waals surface area contributed by atoms with Gasteiger partial charge in [0.25, 0.3) is 12.0 Å². The number of aromatic nitrogens is 3. The second kappa shape index (κ2) is 10.8. The third kappa shape index (κ3) is 4.75. The van der Waals surface area contributed by atoms with Crippen LogP contribution in [-0.4, -0.2) is 32.2 Å². The van der Waals surface area contributed by atoms with Crippen LogP contribution in [0.25, 0.3) is 32.2 Å². The average molecular weight is 601 g/mol. The predicted molar refractivity (Wildman–Crippen MR) is 148 cm³/mol. The number of benzene rings is 2. The van der Waals surface area contributed by atoms with E-state index in [2.05, 4.69) is 9.97 Å². The number of pyridine rings is 1. The number of nitriles is 1. The Morgan fingerprint density at radius 1 is 1.23 bits per heavy atom. The summed E-state index contributed by atoms with van der Waals surface area (Å²) in [6, 6.07) is 9.31. The normalized spacial score (nSPS) is 11.3. The summed E-state index contributed by atoms with van der Waals surface area (Å²) < 4.78 is 35.0. The molecule has 3 heterocycles. The fraction of sp³-hybridized carbons (Fsp3) is 0.148. The van der Waals surface area contributed by atoms with Crippen molar-refractivity contribution in [2.75, 3.05) is 6.61 Å². The summed E-state index contributed by atoms with van der Waals surface area (Å²) in [5.74, 6) is -0.434. The molecule has 0 aliphatic heterocycles. The van der Waals surface area contributed by atoms with Crippen molar-refractivity contribution in [2.24, 2.45) is 0 Å². The Morgan fingerprint density at radius 2 is 2.00 bits per heavy atom. The molecular formula is C27H16Cl2F2N4O4S. The zero-order chi connectivity index (χ0) is 28.7. The highest BCUT2D eigenvalue weighted by atomic mass is 35.5. The number of carboxylic acids is 1. The number of carboxylic acid groups (broad SMARTS) is 1. The lowest BCUT2D eigenvalue weighted by Crippen LogP contribution is -2.27. The van der Waals surface area contributed by atoms with Crippen LogP contribution in [0.4, 0.5) is 8.78 Å². The van der Waals surface area contributed by atoms with Gasteiger partial charge >= 0.3 is 5.97 Å². The molecule has 40 heavy (non-hydrogen) atoms.